The molecule has 1 aliphatic rings. The minimum atomic E-state index is -4.01. The third kappa shape index (κ3) is 3.39. The van der Waals surface area contributed by atoms with Crippen LogP contribution in [0.25, 0.3) is 22.2 Å². The van der Waals surface area contributed by atoms with Gasteiger partial charge in [-0.2, -0.15) is 4.98 Å². The molecule has 32 heavy (non-hydrogen) atoms. The molecule has 0 amide bonds. The summed E-state index contributed by atoms with van der Waals surface area (Å²) in [4.78, 5) is 4.66. The van der Waals surface area contributed by atoms with Gasteiger partial charge < -0.3 is 14.0 Å². The highest BCUT2D eigenvalue weighted by atomic mass is 32.2. The fourth-order valence-electron chi connectivity index (χ4n) is 3.19. The zero-order valence-electron chi connectivity index (χ0n) is 16.9. The van der Waals surface area contributed by atoms with Crippen molar-refractivity contribution in [2.75, 3.05) is 18.1 Å². The van der Waals surface area contributed by atoms with E-state index >= 15 is 0 Å². The summed E-state index contributed by atoms with van der Waals surface area (Å²) in [6, 6.07) is 10.9. The Kier molecular flexibility index (Phi) is 4.86. The number of benzene rings is 2. The molecule has 5 rings (SSSR count). The second-order valence-corrected chi connectivity index (χ2v) is 9.86. The summed E-state index contributed by atoms with van der Waals surface area (Å²) in [5, 5.41) is 5.60. The molecule has 0 spiro atoms. The summed E-state index contributed by atoms with van der Waals surface area (Å²) < 4.78 is 57.6. The molecule has 2 aromatic carbocycles. The Bertz CT molecular complexity index is 1430. The van der Waals surface area contributed by atoms with E-state index in [1.54, 1.807) is 36.6 Å². The molecule has 4 aromatic rings. The number of hydrogen-bond acceptors (Lipinski definition) is 8. The number of thiophene rings is 1. The topological polar surface area (TPSA) is 94.8 Å². The number of aryl methyl sites for hydroxylation is 1. The van der Waals surface area contributed by atoms with Gasteiger partial charge in [0.15, 0.2) is 11.5 Å². The van der Waals surface area contributed by atoms with Crippen LogP contribution in [0, 0.1) is 12.7 Å². The second kappa shape index (κ2) is 7.61. The van der Waals surface area contributed by atoms with Crippen LogP contribution in [-0.4, -0.2) is 32.4 Å². The van der Waals surface area contributed by atoms with E-state index < -0.39 is 15.8 Å². The van der Waals surface area contributed by atoms with Crippen molar-refractivity contribution in [3.8, 4) is 33.7 Å². The Morgan fingerprint density at radius 3 is 2.72 bits per heavy atom. The zero-order valence-corrected chi connectivity index (χ0v) is 18.5. The first kappa shape index (κ1) is 20.5. The van der Waals surface area contributed by atoms with Crippen LogP contribution in [0.2, 0.25) is 0 Å². The Hall–Kier alpha value is -3.44. The molecule has 0 radical (unpaired) electrons. The van der Waals surface area contributed by atoms with Gasteiger partial charge in [-0.15, -0.1) is 11.3 Å². The number of anilines is 1. The maximum Gasteiger partial charge on any atom is 0.269 e. The molecule has 0 saturated carbocycles. The van der Waals surface area contributed by atoms with Gasteiger partial charge in [0, 0.05) is 12.6 Å². The summed E-state index contributed by atoms with van der Waals surface area (Å²) in [5.41, 5.74) is 1.27. The Labute approximate surface area is 186 Å². The molecule has 0 atom stereocenters. The average molecular weight is 474 g/mol. The van der Waals surface area contributed by atoms with Crippen molar-refractivity contribution in [3.05, 3.63) is 59.2 Å². The highest BCUT2D eigenvalue weighted by Crippen LogP contribution is 2.38. The number of rotatable bonds is 5. The average Bonchev–Trinajstić information content (AvgIpc) is 3.53. The van der Waals surface area contributed by atoms with E-state index in [4.69, 9.17) is 14.0 Å². The van der Waals surface area contributed by atoms with E-state index in [-0.39, 0.29) is 29.1 Å². The highest BCUT2D eigenvalue weighted by Gasteiger charge is 2.29. The van der Waals surface area contributed by atoms with Gasteiger partial charge in [0.1, 0.15) is 15.6 Å². The van der Waals surface area contributed by atoms with Crippen molar-refractivity contribution < 1.29 is 26.8 Å². The lowest BCUT2D eigenvalue weighted by atomic mass is 10.2. The first-order valence-electron chi connectivity index (χ1n) is 9.41. The van der Waals surface area contributed by atoms with Gasteiger partial charge in [-0.25, -0.2) is 12.8 Å². The number of ether oxygens (including phenoxy) is 2. The van der Waals surface area contributed by atoms with Crippen LogP contribution in [0.15, 0.2) is 57.3 Å². The Morgan fingerprint density at radius 2 is 1.91 bits per heavy atom. The normalized spacial score (nSPS) is 12.8. The summed E-state index contributed by atoms with van der Waals surface area (Å²) in [6.45, 7) is 1.75. The molecule has 11 heteroatoms. The minimum absolute atomic E-state index is 0.00753. The fraction of sp³-hybridized carbons (Fsp3) is 0.143. The number of halogens is 1. The quantitative estimate of drug-likeness (QED) is 0.422. The summed E-state index contributed by atoms with van der Waals surface area (Å²) in [5.74, 6) is 1.05. The SMILES string of the molecule is Cc1ccc(N(C)S(=O)(=O)c2ccsc2-c2nc(-c3ccc4c(c3)OCO4)no2)cc1F. The number of sulfonamides is 1. The van der Waals surface area contributed by atoms with Crippen molar-refractivity contribution >= 4 is 27.0 Å². The molecule has 164 valence electrons. The maximum absolute atomic E-state index is 14.0. The molecule has 0 unspecified atom stereocenters. The van der Waals surface area contributed by atoms with Gasteiger partial charge in [-0.1, -0.05) is 11.2 Å². The minimum Gasteiger partial charge on any atom is -0.454 e. The van der Waals surface area contributed by atoms with Gasteiger partial charge >= 0.3 is 0 Å². The van der Waals surface area contributed by atoms with E-state index in [0.717, 1.165) is 15.6 Å². The number of hydrogen-bond donors (Lipinski definition) is 0. The number of aromatic nitrogens is 2. The van der Waals surface area contributed by atoms with Crippen molar-refractivity contribution in [1.29, 1.82) is 0 Å². The van der Waals surface area contributed by atoms with E-state index in [9.17, 15) is 12.8 Å². The van der Waals surface area contributed by atoms with Crippen molar-refractivity contribution in [2.24, 2.45) is 0 Å². The first-order valence-corrected chi connectivity index (χ1v) is 11.7. The van der Waals surface area contributed by atoms with Gasteiger partial charge in [0.2, 0.25) is 12.6 Å². The molecular formula is C21H16FN3O5S2. The fourth-order valence-corrected chi connectivity index (χ4v) is 5.69. The molecule has 0 N–H and O–H groups in total. The maximum atomic E-state index is 14.0. The summed E-state index contributed by atoms with van der Waals surface area (Å²) >= 11 is 1.16. The number of nitrogens with zero attached hydrogens (tertiary/aromatic N) is 3. The monoisotopic (exact) mass is 473 g/mol. The van der Waals surface area contributed by atoms with Crippen LogP contribution in [0.1, 0.15) is 5.56 Å². The lowest BCUT2D eigenvalue weighted by Gasteiger charge is -2.19. The lowest BCUT2D eigenvalue weighted by molar-refractivity contribution is 0.174. The molecule has 8 nitrogen and oxygen atoms in total. The van der Waals surface area contributed by atoms with E-state index in [0.29, 0.717) is 27.5 Å². The van der Waals surface area contributed by atoms with E-state index in [1.165, 1.54) is 25.2 Å². The van der Waals surface area contributed by atoms with Crippen molar-refractivity contribution in [1.82, 2.24) is 10.1 Å². The predicted octanol–water partition coefficient (Wildman–Crippen LogP) is 4.47. The van der Waals surface area contributed by atoms with E-state index in [1.807, 2.05) is 0 Å². The number of fused-ring (bicyclic) bond motifs is 1. The van der Waals surface area contributed by atoms with Crippen LogP contribution >= 0.6 is 11.3 Å². The van der Waals surface area contributed by atoms with Crippen LogP contribution in [0.5, 0.6) is 11.5 Å². The third-order valence-electron chi connectivity index (χ3n) is 5.04. The van der Waals surface area contributed by atoms with Gasteiger partial charge in [-0.05, 0) is 54.3 Å². The Balaban J connectivity index is 1.49. The molecule has 0 aliphatic carbocycles. The molecular weight excluding hydrogens is 457 g/mol. The first-order chi connectivity index (χ1) is 15.3. The van der Waals surface area contributed by atoms with Crippen LogP contribution in [0.4, 0.5) is 10.1 Å². The third-order valence-corrected chi connectivity index (χ3v) is 7.90. The van der Waals surface area contributed by atoms with Crippen molar-refractivity contribution in [3.63, 3.8) is 0 Å². The molecule has 0 saturated heterocycles. The molecule has 3 heterocycles. The van der Waals surface area contributed by atoms with Gasteiger partial charge in [-0.3, -0.25) is 4.31 Å². The van der Waals surface area contributed by atoms with E-state index in [2.05, 4.69) is 10.1 Å². The van der Waals surface area contributed by atoms with Crippen LogP contribution in [-0.2, 0) is 10.0 Å². The Morgan fingerprint density at radius 1 is 1.09 bits per heavy atom. The standard InChI is InChI=1S/C21H16FN3O5S2/c1-12-3-5-14(10-15(12)22)25(2)32(26,27)18-7-8-31-19(18)21-23-20(24-30-21)13-4-6-16-17(9-13)29-11-28-16/h3-10H,11H2,1-2H3. The van der Waals surface area contributed by atoms with Gasteiger partial charge in [0.25, 0.3) is 15.9 Å². The van der Waals surface area contributed by atoms with Gasteiger partial charge in [0.05, 0.1) is 5.69 Å². The zero-order chi connectivity index (χ0) is 22.5. The largest absolute Gasteiger partial charge is 0.454 e. The second-order valence-electron chi connectivity index (χ2n) is 7.01. The van der Waals surface area contributed by atoms with Crippen LogP contribution < -0.4 is 13.8 Å². The van der Waals surface area contributed by atoms with Crippen LogP contribution in [0.3, 0.4) is 0 Å². The predicted molar refractivity (Wildman–Crippen MR) is 116 cm³/mol. The molecule has 1 aliphatic heterocycles. The summed E-state index contributed by atoms with van der Waals surface area (Å²) in [6.07, 6.45) is 0. The molecule has 2 aromatic heterocycles. The lowest BCUT2D eigenvalue weighted by Crippen LogP contribution is -2.26. The molecule has 0 bridgehead atoms. The van der Waals surface area contributed by atoms with Crippen molar-refractivity contribution in [2.45, 2.75) is 11.8 Å². The summed E-state index contributed by atoms with van der Waals surface area (Å²) in [7, 11) is -2.64. The smallest absolute Gasteiger partial charge is 0.269 e. The highest BCUT2D eigenvalue weighted by molar-refractivity contribution is 7.93. The molecule has 0 fully saturated rings.